The number of aromatic nitrogens is 2. The van der Waals surface area contributed by atoms with E-state index in [-0.39, 0.29) is 11.0 Å². The SMILES string of the molecule is C[C@H]1[C@@H]2CCc3c([nH]c(=S)[nH]c3=O)[C@@]2(C)CCC12OCCO2. The molecule has 0 unspecified atom stereocenters. The summed E-state index contributed by atoms with van der Waals surface area (Å²) in [6.07, 6.45) is 3.60. The number of H-pyrrole nitrogens is 2. The highest BCUT2D eigenvalue weighted by Gasteiger charge is 2.57. The normalized spacial score (nSPS) is 36.1. The number of hydrogen-bond acceptors (Lipinski definition) is 4. The smallest absolute Gasteiger partial charge is 0.255 e. The van der Waals surface area contributed by atoms with E-state index in [9.17, 15) is 4.79 Å². The van der Waals surface area contributed by atoms with Crippen LogP contribution in [0.25, 0.3) is 0 Å². The number of hydrogen-bond donors (Lipinski definition) is 2. The van der Waals surface area contributed by atoms with Gasteiger partial charge in [-0.05, 0) is 37.4 Å². The van der Waals surface area contributed by atoms with Crippen molar-refractivity contribution in [1.82, 2.24) is 9.97 Å². The summed E-state index contributed by atoms with van der Waals surface area (Å²) in [5, 5.41) is 0. The van der Waals surface area contributed by atoms with Crippen LogP contribution in [0, 0.1) is 16.6 Å². The summed E-state index contributed by atoms with van der Waals surface area (Å²) in [5.74, 6) is 0.321. The van der Waals surface area contributed by atoms with Gasteiger partial charge in [-0.3, -0.25) is 9.78 Å². The Labute approximate surface area is 134 Å². The molecule has 2 aliphatic carbocycles. The van der Waals surface area contributed by atoms with E-state index in [1.165, 1.54) is 0 Å². The fourth-order valence-electron chi connectivity index (χ4n) is 5.00. The molecule has 120 valence electrons. The van der Waals surface area contributed by atoms with E-state index in [0.29, 0.717) is 29.8 Å². The number of rotatable bonds is 0. The molecule has 2 fully saturated rings. The van der Waals surface area contributed by atoms with Crippen molar-refractivity contribution in [2.45, 2.75) is 50.7 Å². The van der Waals surface area contributed by atoms with Gasteiger partial charge in [0.25, 0.3) is 5.56 Å². The van der Waals surface area contributed by atoms with Crippen LogP contribution in [0.2, 0.25) is 0 Å². The average Bonchev–Trinajstić information content (AvgIpc) is 2.94. The Morgan fingerprint density at radius 2 is 1.95 bits per heavy atom. The maximum Gasteiger partial charge on any atom is 0.255 e. The van der Waals surface area contributed by atoms with Crippen molar-refractivity contribution in [3.63, 3.8) is 0 Å². The summed E-state index contributed by atoms with van der Waals surface area (Å²) in [6, 6.07) is 0. The predicted octanol–water partition coefficient (Wildman–Crippen LogP) is 2.43. The van der Waals surface area contributed by atoms with E-state index in [1.54, 1.807) is 0 Å². The van der Waals surface area contributed by atoms with Crippen molar-refractivity contribution in [2.75, 3.05) is 13.2 Å². The van der Waals surface area contributed by atoms with E-state index >= 15 is 0 Å². The fourth-order valence-corrected chi connectivity index (χ4v) is 5.19. The van der Waals surface area contributed by atoms with Crippen molar-refractivity contribution < 1.29 is 9.47 Å². The second-order valence-corrected chi connectivity index (χ2v) is 7.53. The van der Waals surface area contributed by atoms with Gasteiger partial charge < -0.3 is 14.5 Å². The predicted molar refractivity (Wildman–Crippen MR) is 84.4 cm³/mol. The van der Waals surface area contributed by atoms with E-state index in [1.807, 2.05) is 0 Å². The number of nitrogens with one attached hydrogen (secondary N) is 2. The minimum Gasteiger partial charge on any atom is -0.347 e. The first kappa shape index (κ1) is 14.6. The molecule has 1 spiro atoms. The van der Waals surface area contributed by atoms with E-state index in [4.69, 9.17) is 21.7 Å². The monoisotopic (exact) mass is 322 g/mol. The third-order valence-corrected chi connectivity index (χ3v) is 6.41. The molecule has 0 radical (unpaired) electrons. The highest BCUT2D eigenvalue weighted by atomic mass is 32.1. The van der Waals surface area contributed by atoms with Gasteiger partial charge in [0.1, 0.15) is 0 Å². The molecule has 1 saturated carbocycles. The molecule has 1 saturated heterocycles. The van der Waals surface area contributed by atoms with Crippen molar-refractivity contribution in [3.05, 3.63) is 26.4 Å². The topological polar surface area (TPSA) is 67.1 Å². The third-order valence-electron chi connectivity index (χ3n) is 6.20. The summed E-state index contributed by atoms with van der Waals surface area (Å²) in [4.78, 5) is 18.3. The molecule has 3 aliphatic rings. The molecular formula is C16H22N2O3S. The van der Waals surface area contributed by atoms with Crippen molar-refractivity contribution >= 4 is 12.2 Å². The molecule has 1 aliphatic heterocycles. The Bertz CT molecular complexity index is 719. The molecule has 0 aromatic carbocycles. The van der Waals surface area contributed by atoms with Gasteiger partial charge in [0, 0.05) is 29.0 Å². The Morgan fingerprint density at radius 3 is 2.68 bits per heavy atom. The average molecular weight is 322 g/mol. The maximum atomic E-state index is 12.2. The molecule has 5 nitrogen and oxygen atoms in total. The van der Waals surface area contributed by atoms with Gasteiger partial charge in [0.2, 0.25) is 0 Å². The summed E-state index contributed by atoms with van der Waals surface area (Å²) < 4.78 is 12.4. The minimum absolute atomic E-state index is 0.0280. The van der Waals surface area contributed by atoms with Crippen LogP contribution in [0.3, 0.4) is 0 Å². The Balaban J connectivity index is 1.82. The standard InChI is InChI=1S/C16H22N2O3S/c1-9-11-4-3-10-12(17-14(22)18-13(10)19)15(11,2)5-6-16(9)20-7-8-21-16/h9,11H,3-8H2,1-2H3,(H2,17,18,19,22)/t9-,11-,15-/m0/s1. The molecule has 2 heterocycles. The van der Waals surface area contributed by atoms with E-state index < -0.39 is 5.79 Å². The van der Waals surface area contributed by atoms with Crippen molar-refractivity contribution in [2.24, 2.45) is 11.8 Å². The highest BCUT2D eigenvalue weighted by molar-refractivity contribution is 7.71. The first-order valence-corrected chi connectivity index (χ1v) is 8.51. The summed E-state index contributed by atoms with van der Waals surface area (Å²) >= 11 is 5.20. The summed E-state index contributed by atoms with van der Waals surface area (Å²) in [5.41, 5.74) is 1.83. The van der Waals surface area contributed by atoms with Gasteiger partial charge in [-0.1, -0.05) is 13.8 Å². The van der Waals surface area contributed by atoms with Crippen LogP contribution in [0.4, 0.5) is 0 Å². The summed E-state index contributed by atoms with van der Waals surface area (Å²) in [7, 11) is 0. The van der Waals surface area contributed by atoms with Crippen LogP contribution in [0.15, 0.2) is 4.79 Å². The lowest BCUT2D eigenvalue weighted by Crippen LogP contribution is -2.56. The Hall–Kier alpha value is -0.980. The molecule has 3 atom stereocenters. The second kappa shape index (κ2) is 4.76. The zero-order valence-electron chi connectivity index (χ0n) is 13.0. The highest BCUT2D eigenvalue weighted by Crippen LogP contribution is 2.55. The van der Waals surface area contributed by atoms with Gasteiger partial charge in [-0.15, -0.1) is 0 Å². The largest absolute Gasteiger partial charge is 0.347 e. The second-order valence-electron chi connectivity index (χ2n) is 7.12. The molecule has 4 rings (SSSR count). The lowest BCUT2D eigenvalue weighted by molar-refractivity contribution is -0.234. The van der Waals surface area contributed by atoms with Gasteiger partial charge in [-0.25, -0.2) is 0 Å². The molecule has 0 amide bonds. The van der Waals surface area contributed by atoms with E-state index in [0.717, 1.165) is 36.9 Å². The van der Waals surface area contributed by atoms with Gasteiger partial charge >= 0.3 is 0 Å². The molecule has 2 N–H and O–H groups in total. The molecule has 0 bridgehead atoms. The first-order valence-electron chi connectivity index (χ1n) is 8.10. The molecule has 1 aromatic heterocycles. The lowest BCUT2D eigenvalue weighted by Gasteiger charge is -2.54. The van der Waals surface area contributed by atoms with Crippen LogP contribution >= 0.6 is 12.2 Å². The van der Waals surface area contributed by atoms with E-state index in [2.05, 4.69) is 23.8 Å². The van der Waals surface area contributed by atoms with Crippen molar-refractivity contribution in [3.8, 4) is 0 Å². The molecule has 6 heteroatoms. The Morgan fingerprint density at radius 1 is 1.23 bits per heavy atom. The number of aromatic amines is 2. The van der Waals surface area contributed by atoms with Gasteiger partial charge in [0.15, 0.2) is 10.6 Å². The zero-order chi connectivity index (χ0) is 15.5. The third kappa shape index (κ3) is 1.83. The van der Waals surface area contributed by atoms with Crippen LogP contribution in [-0.2, 0) is 21.3 Å². The Kier molecular flexibility index (Phi) is 3.16. The van der Waals surface area contributed by atoms with Crippen molar-refractivity contribution in [1.29, 1.82) is 0 Å². The number of ether oxygens (including phenoxy) is 2. The van der Waals surface area contributed by atoms with Crippen LogP contribution < -0.4 is 5.56 Å². The fraction of sp³-hybridized carbons (Fsp3) is 0.750. The molecular weight excluding hydrogens is 300 g/mol. The first-order chi connectivity index (χ1) is 10.5. The lowest BCUT2D eigenvalue weighted by atomic mass is 9.55. The minimum atomic E-state index is -0.417. The van der Waals surface area contributed by atoms with Gasteiger partial charge in [0.05, 0.1) is 13.2 Å². The van der Waals surface area contributed by atoms with Crippen LogP contribution in [0.5, 0.6) is 0 Å². The maximum absolute atomic E-state index is 12.2. The molecule has 22 heavy (non-hydrogen) atoms. The quantitative estimate of drug-likeness (QED) is 0.720. The number of fused-ring (bicyclic) bond motifs is 3. The van der Waals surface area contributed by atoms with Gasteiger partial charge in [-0.2, -0.15) is 0 Å². The summed E-state index contributed by atoms with van der Waals surface area (Å²) in [6.45, 7) is 5.87. The molecule has 1 aromatic rings. The van der Waals surface area contributed by atoms with Crippen LogP contribution in [-0.4, -0.2) is 29.0 Å². The zero-order valence-corrected chi connectivity index (χ0v) is 13.8. The van der Waals surface area contributed by atoms with Crippen LogP contribution in [0.1, 0.15) is 44.4 Å².